The second kappa shape index (κ2) is 10.4. The minimum atomic E-state index is -0.0474. The zero-order valence-electron chi connectivity index (χ0n) is 21.1. The second-order valence-corrected chi connectivity index (χ2v) is 10.4. The fourth-order valence-electron chi connectivity index (χ4n) is 5.76. The summed E-state index contributed by atoms with van der Waals surface area (Å²) in [5.74, 6) is 1.67. The van der Waals surface area contributed by atoms with Gasteiger partial charge in [0.2, 0.25) is 0 Å². The number of anilines is 1. The summed E-state index contributed by atoms with van der Waals surface area (Å²) in [7, 11) is 0. The Balaban J connectivity index is 1.36. The molecular weight excluding hydrogens is 476 g/mol. The molecule has 1 saturated carbocycles. The normalized spacial score (nSPS) is 20.1. The smallest absolute Gasteiger partial charge is 0.174 e. The number of hydrogen-bond donors (Lipinski definition) is 1. The lowest BCUT2D eigenvalue weighted by Gasteiger charge is -2.32. The molecule has 2 aromatic heterocycles. The summed E-state index contributed by atoms with van der Waals surface area (Å²) in [6, 6.07) is 27.3. The van der Waals surface area contributed by atoms with E-state index in [2.05, 4.69) is 64.3 Å². The van der Waals surface area contributed by atoms with E-state index in [-0.39, 0.29) is 12.1 Å². The molecule has 4 aromatic rings. The number of para-hydroxylation sites is 1. The number of nitrogens with one attached hydrogen (secondary N) is 1. The molecule has 188 valence electrons. The lowest BCUT2D eigenvalue weighted by atomic mass is 9.94. The Morgan fingerprint density at radius 3 is 2.43 bits per heavy atom. The Morgan fingerprint density at radius 2 is 1.68 bits per heavy atom. The quantitative estimate of drug-likeness (QED) is 0.271. The third-order valence-electron chi connectivity index (χ3n) is 7.62. The first-order valence-electron chi connectivity index (χ1n) is 13.2. The monoisotopic (exact) mass is 508 g/mol. The van der Waals surface area contributed by atoms with E-state index in [1.54, 1.807) is 0 Å². The third-order valence-corrected chi connectivity index (χ3v) is 7.93. The Labute approximate surface area is 224 Å². The molecule has 0 unspecified atom stereocenters. The molecule has 1 saturated heterocycles. The highest BCUT2D eigenvalue weighted by Gasteiger charge is 2.42. The molecule has 6 heteroatoms. The molecule has 0 radical (unpaired) electrons. The Morgan fingerprint density at radius 1 is 0.892 bits per heavy atom. The number of aryl methyl sites for hydroxylation is 1. The Kier molecular flexibility index (Phi) is 6.66. The van der Waals surface area contributed by atoms with E-state index in [0.717, 1.165) is 28.4 Å². The highest BCUT2D eigenvalue weighted by Crippen LogP contribution is 2.44. The van der Waals surface area contributed by atoms with Gasteiger partial charge in [-0.15, -0.1) is 0 Å². The summed E-state index contributed by atoms with van der Waals surface area (Å²) in [5, 5.41) is 4.31. The average molecular weight is 509 g/mol. The molecule has 2 aromatic carbocycles. The molecule has 37 heavy (non-hydrogen) atoms. The Bertz CT molecular complexity index is 1360. The van der Waals surface area contributed by atoms with Crippen LogP contribution >= 0.6 is 12.2 Å². The molecule has 3 heterocycles. The van der Waals surface area contributed by atoms with E-state index in [0.29, 0.717) is 11.2 Å². The SMILES string of the molecule is Cc1ccccc1Oc1ccc(N2C(=S)N[C@@H](c3ccccn3)[C@H]2c2cccn2C2CCCCC2)cc1. The molecule has 0 spiro atoms. The Hall–Kier alpha value is -3.64. The van der Waals surface area contributed by atoms with E-state index in [1.807, 2.05) is 48.7 Å². The number of pyridine rings is 1. The number of ether oxygens (including phenoxy) is 1. The van der Waals surface area contributed by atoms with Crippen LogP contribution in [0, 0.1) is 6.92 Å². The van der Waals surface area contributed by atoms with Crippen molar-refractivity contribution in [1.29, 1.82) is 0 Å². The fraction of sp³-hybridized carbons (Fsp3) is 0.290. The van der Waals surface area contributed by atoms with Gasteiger partial charge in [0.05, 0.1) is 11.7 Å². The van der Waals surface area contributed by atoms with Crippen molar-refractivity contribution in [2.75, 3.05) is 4.90 Å². The molecule has 0 bridgehead atoms. The average Bonchev–Trinajstić information content (AvgIpc) is 3.56. The van der Waals surface area contributed by atoms with Gasteiger partial charge in [-0.3, -0.25) is 4.98 Å². The van der Waals surface area contributed by atoms with E-state index >= 15 is 0 Å². The number of thiocarbonyl (C=S) groups is 1. The first kappa shape index (κ1) is 23.7. The van der Waals surface area contributed by atoms with Crippen molar-refractivity contribution in [3.05, 3.63) is 108 Å². The zero-order valence-corrected chi connectivity index (χ0v) is 21.9. The van der Waals surface area contributed by atoms with Crippen molar-refractivity contribution in [3.63, 3.8) is 0 Å². The predicted octanol–water partition coefficient (Wildman–Crippen LogP) is 7.67. The maximum Gasteiger partial charge on any atom is 0.174 e. The highest BCUT2D eigenvalue weighted by molar-refractivity contribution is 7.80. The van der Waals surface area contributed by atoms with Crippen LogP contribution in [0.5, 0.6) is 11.5 Å². The minimum Gasteiger partial charge on any atom is -0.457 e. The van der Waals surface area contributed by atoms with Crippen molar-refractivity contribution in [2.45, 2.75) is 57.2 Å². The maximum absolute atomic E-state index is 6.16. The number of rotatable bonds is 6. The van der Waals surface area contributed by atoms with E-state index in [9.17, 15) is 0 Å². The molecule has 0 amide bonds. The van der Waals surface area contributed by atoms with Crippen LogP contribution in [0.15, 0.2) is 91.3 Å². The van der Waals surface area contributed by atoms with Gasteiger partial charge in [0.25, 0.3) is 0 Å². The highest BCUT2D eigenvalue weighted by atomic mass is 32.1. The lowest BCUT2D eigenvalue weighted by molar-refractivity contribution is 0.340. The third kappa shape index (κ3) is 4.74. The number of benzene rings is 2. The molecule has 2 fully saturated rings. The second-order valence-electron chi connectivity index (χ2n) is 9.99. The predicted molar refractivity (Wildman–Crippen MR) is 152 cm³/mol. The molecular formula is C31H32N4OS. The summed E-state index contributed by atoms with van der Waals surface area (Å²) >= 11 is 5.95. The van der Waals surface area contributed by atoms with Gasteiger partial charge in [-0.25, -0.2) is 0 Å². The van der Waals surface area contributed by atoms with Crippen LogP contribution in [0.25, 0.3) is 0 Å². The largest absolute Gasteiger partial charge is 0.457 e. The maximum atomic E-state index is 6.16. The van der Waals surface area contributed by atoms with Gasteiger partial charge >= 0.3 is 0 Å². The van der Waals surface area contributed by atoms with Gasteiger partial charge in [-0.1, -0.05) is 43.5 Å². The van der Waals surface area contributed by atoms with E-state index < -0.39 is 0 Å². The summed E-state index contributed by atoms with van der Waals surface area (Å²) in [4.78, 5) is 6.97. The standard InChI is InChI=1S/C31H32N4OS/c1-22-10-5-6-15-28(22)36-25-18-16-24(17-19-25)35-30(29(33-31(35)37)26-13-7-8-20-32-26)27-14-9-21-34(27)23-11-3-2-4-12-23/h5-10,13-21,23,29-30H,2-4,11-12H2,1H3,(H,33,37)/t29-,30+/m0/s1. The number of aromatic nitrogens is 2. The summed E-state index contributed by atoms with van der Waals surface area (Å²) in [6.45, 7) is 2.06. The first-order valence-corrected chi connectivity index (χ1v) is 13.6. The molecule has 1 N–H and O–H groups in total. The van der Waals surface area contributed by atoms with E-state index in [1.165, 1.54) is 37.8 Å². The topological polar surface area (TPSA) is 42.3 Å². The van der Waals surface area contributed by atoms with Gasteiger partial charge in [0.15, 0.2) is 5.11 Å². The van der Waals surface area contributed by atoms with Gasteiger partial charge < -0.3 is 19.5 Å². The molecule has 2 atom stereocenters. The van der Waals surface area contributed by atoms with Crippen LogP contribution in [0.3, 0.4) is 0 Å². The summed E-state index contributed by atoms with van der Waals surface area (Å²) in [5.41, 5.74) is 4.41. The van der Waals surface area contributed by atoms with Crippen LogP contribution in [0.2, 0.25) is 0 Å². The van der Waals surface area contributed by atoms with Crippen molar-refractivity contribution in [1.82, 2.24) is 14.9 Å². The van der Waals surface area contributed by atoms with Crippen LogP contribution in [-0.4, -0.2) is 14.7 Å². The van der Waals surface area contributed by atoms with Crippen molar-refractivity contribution < 1.29 is 4.74 Å². The van der Waals surface area contributed by atoms with Crippen molar-refractivity contribution in [3.8, 4) is 11.5 Å². The van der Waals surface area contributed by atoms with Gasteiger partial charge in [0.1, 0.15) is 17.5 Å². The molecule has 6 rings (SSSR count). The zero-order chi connectivity index (χ0) is 25.2. The number of hydrogen-bond acceptors (Lipinski definition) is 3. The van der Waals surface area contributed by atoms with Crippen LogP contribution in [-0.2, 0) is 0 Å². The lowest BCUT2D eigenvalue weighted by Crippen LogP contribution is -2.31. The minimum absolute atomic E-state index is 0.0116. The summed E-state index contributed by atoms with van der Waals surface area (Å²) < 4.78 is 8.66. The number of nitrogens with zero attached hydrogens (tertiary/aromatic N) is 3. The van der Waals surface area contributed by atoms with Gasteiger partial charge in [-0.2, -0.15) is 0 Å². The first-order chi connectivity index (χ1) is 18.2. The van der Waals surface area contributed by atoms with Crippen LogP contribution in [0.4, 0.5) is 5.69 Å². The van der Waals surface area contributed by atoms with Gasteiger partial charge in [-0.05, 0) is 92.1 Å². The molecule has 5 nitrogen and oxygen atoms in total. The van der Waals surface area contributed by atoms with Crippen molar-refractivity contribution >= 4 is 23.0 Å². The van der Waals surface area contributed by atoms with E-state index in [4.69, 9.17) is 21.9 Å². The van der Waals surface area contributed by atoms with Gasteiger partial charge in [0, 0.05) is 29.8 Å². The molecule has 1 aliphatic carbocycles. The molecule has 1 aliphatic heterocycles. The fourth-order valence-corrected chi connectivity index (χ4v) is 6.10. The van der Waals surface area contributed by atoms with Crippen molar-refractivity contribution in [2.24, 2.45) is 0 Å². The van der Waals surface area contributed by atoms with Crippen LogP contribution < -0.4 is 15.0 Å². The summed E-state index contributed by atoms with van der Waals surface area (Å²) in [6.07, 6.45) is 10.5. The molecule has 2 aliphatic rings. The van der Waals surface area contributed by atoms with Crippen LogP contribution in [0.1, 0.15) is 67.2 Å².